The van der Waals surface area contributed by atoms with E-state index in [1.165, 1.54) is 17.5 Å². The Morgan fingerprint density at radius 3 is 2.00 bits per heavy atom. The third kappa shape index (κ3) is 7.25. The zero-order valence-electron chi connectivity index (χ0n) is 14.4. The van der Waals surface area contributed by atoms with Gasteiger partial charge in [-0.1, -0.05) is 45.0 Å². The van der Waals surface area contributed by atoms with E-state index < -0.39 is 9.04 Å². The maximum Gasteiger partial charge on any atom is 0.171 e. The number of aryl methyl sites for hydroxylation is 1. The predicted molar refractivity (Wildman–Crippen MR) is 93.4 cm³/mol. The third-order valence-corrected chi connectivity index (χ3v) is 4.63. The lowest BCUT2D eigenvalue weighted by Gasteiger charge is -2.32. The summed E-state index contributed by atoms with van der Waals surface area (Å²) >= 11 is 0. The van der Waals surface area contributed by atoms with Crippen molar-refractivity contribution in [2.75, 3.05) is 6.61 Å². The SMILES string of the molecule is C[SiH](C)OC(CCCc1ccc(CCO)cc1)C(C)(C)C. The van der Waals surface area contributed by atoms with Crippen LogP contribution >= 0.6 is 0 Å². The van der Waals surface area contributed by atoms with E-state index in [-0.39, 0.29) is 12.0 Å². The van der Waals surface area contributed by atoms with Crippen LogP contribution in [0.1, 0.15) is 44.7 Å². The average Bonchev–Trinajstić information content (AvgIpc) is 2.38. The van der Waals surface area contributed by atoms with Gasteiger partial charge in [0.25, 0.3) is 0 Å². The van der Waals surface area contributed by atoms with E-state index in [9.17, 15) is 0 Å². The molecule has 1 unspecified atom stereocenters. The first kappa shape index (κ1) is 18.4. The first-order chi connectivity index (χ1) is 9.82. The molecule has 1 aromatic carbocycles. The van der Waals surface area contributed by atoms with Crippen LogP contribution in [0.3, 0.4) is 0 Å². The van der Waals surface area contributed by atoms with Crippen molar-refractivity contribution in [3.8, 4) is 0 Å². The molecule has 3 heteroatoms. The fraction of sp³-hybridized carbons (Fsp3) is 0.667. The molecule has 1 atom stereocenters. The van der Waals surface area contributed by atoms with Crippen LogP contribution in [0.4, 0.5) is 0 Å². The molecule has 0 amide bonds. The lowest BCUT2D eigenvalue weighted by atomic mass is 9.86. The van der Waals surface area contributed by atoms with Crippen molar-refractivity contribution in [1.29, 1.82) is 0 Å². The van der Waals surface area contributed by atoms with E-state index in [1.54, 1.807) is 0 Å². The summed E-state index contributed by atoms with van der Waals surface area (Å²) in [5, 5.41) is 8.93. The van der Waals surface area contributed by atoms with E-state index >= 15 is 0 Å². The molecule has 0 spiro atoms. The summed E-state index contributed by atoms with van der Waals surface area (Å²) in [7, 11) is -0.983. The minimum absolute atomic E-state index is 0.224. The second kappa shape index (κ2) is 8.72. The van der Waals surface area contributed by atoms with Gasteiger partial charge in [-0.15, -0.1) is 0 Å². The fourth-order valence-electron chi connectivity index (χ4n) is 2.53. The van der Waals surface area contributed by atoms with Gasteiger partial charge in [0.05, 0.1) is 0 Å². The molecule has 0 aliphatic carbocycles. The van der Waals surface area contributed by atoms with Gasteiger partial charge in [0, 0.05) is 12.7 Å². The van der Waals surface area contributed by atoms with Crippen LogP contribution in [-0.2, 0) is 17.3 Å². The first-order valence-electron chi connectivity index (χ1n) is 8.17. The topological polar surface area (TPSA) is 29.5 Å². The molecular weight excluding hydrogens is 276 g/mol. The van der Waals surface area contributed by atoms with Crippen LogP contribution in [0.2, 0.25) is 13.1 Å². The molecule has 0 saturated heterocycles. The summed E-state index contributed by atoms with van der Waals surface area (Å²) in [5.74, 6) is 0. The molecule has 0 aliphatic heterocycles. The standard InChI is InChI=1S/C18H32O2Si/c1-18(2,3)17(20-21(4)5)8-6-7-15-9-11-16(12-10-15)13-14-19/h9-12,17,19,21H,6-8,13-14H2,1-5H3. The molecule has 1 rings (SSSR count). The second-order valence-corrected chi connectivity index (χ2v) is 9.59. The van der Waals surface area contributed by atoms with Crippen LogP contribution in [0.15, 0.2) is 24.3 Å². The maximum absolute atomic E-state index is 8.93. The van der Waals surface area contributed by atoms with E-state index in [1.807, 2.05) is 0 Å². The summed E-state index contributed by atoms with van der Waals surface area (Å²) in [6.07, 6.45) is 4.53. The highest BCUT2D eigenvalue weighted by atomic mass is 28.3. The Morgan fingerprint density at radius 2 is 1.57 bits per heavy atom. The molecule has 120 valence electrons. The molecule has 0 aliphatic rings. The van der Waals surface area contributed by atoms with Gasteiger partial charge in [0.1, 0.15) is 0 Å². The van der Waals surface area contributed by atoms with Crippen molar-refractivity contribution in [1.82, 2.24) is 0 Å². The number of rotatable bonds is 8. The van der Waals surface area contributed by atoms with Gasteiger partial charge in [-0.2, -0.15) is 0 Å². The second-order valence-electron chi connectivity index (χ2n) is 7.22. The number of benzene rings is 1. The zero-order chi connectivity index (χ0) is 15.9. The molecule has 0 bridgehead atoms. The molecule has 0 heterocycles. The molecule has 1 aromatic rings. The minimum Gasteiger partial charge on any atom is -0.417 e. The maximum atomic E-state index is 8.93. The minimum atomic E-state index is -0.983. The van der Waals surface area contributed by atoms with Crippen molar-refractivity contribution < 1.29 is 9.53 Å². The van der Waals surface area contributed by atoms with Crippen LogP contribution in [0.25, 0.3) is 0 Å². The summed E-state index contributed by atoms with van der Waals surface area (Å²) in [6.45, 7) is 11.6. The van der Waals surface area contributed by atoms with E-state index in [0.29, 0.717) is 6.10 Å². The Kier molecular flexibility index (Phi) is 7.64. The molecule has 2 nitrogen and oxygen atoms in total. The molecule has 21 heavy (non-hydrogen) atoms. The van der Waals surface area contributed by atoms with E-state index in [0.717, 1.165) is 19.3 Å². The summed E-state index contributed by atoms with van der Waals surface area (Å²) < 4.78 is 6.21. The van der Waals surface area contributed by atoms with E-state index in [2.05, 4.69) is 58.1 Å². The Labute approximate surface area is 132 Å². The molecular formula is C18H32O2Si. The summed E-state index contributed by atoms with van der Waals surface area (Å²) in [6, 6.07) is 8.64. The molecule has 0 radical (unpaired) electrons. The van der Waals surface area contributed by atoms with Crippen molar-refractivity contribution in [2.45, 2.75) is 65.7 Å². The van der Waals surface area contributed by atoms with Crippen LogP contribution in [-0.4, -0.2) is 26.9 Å². The zero-order valence-corrected chi connectivity index (χ0v) is 15.5. The molecule has 0 fully saturated rings. The Morgan fingerprint density at radius 1 is 1.05 bits per heavy atom. The van der Waals surface area contributed by atoms with Gasteiger partial charge in [0.2, 0.25) is 0 Å². The van der Waals surface area contributed by atoms with Gasteiger partial charge in [-0.25, -0.2) is 0 Å². The number of aliphatic hydroxyl groups is 1. The normalized spacial score (nSPS) is 13.7. The third-order valence-electron chi connectivity index (χ3n) is 3.76. The van der Waals surface area contributed by atoms with Gasteiger partial charge in [-0.05, 0) is 55.3 Å². The first-order valence-corrected chi connectivity index (χ1v) is 10.9. The van der Waals surface area contributed by atoms with Crippen molar-refractivity contribution in [3.05, 3.63) is 35.4 Å². The largest absolute Gasteiger partial charge is 0.417 e. The number of aliphatic hydroxyl groups excluding tert-OH is 1. The quantitative estimate of drug-likeness (QED) is 0.737. The van der Waals surface area contributed by atoms with Gasteiger partial charge < -0.3 is 9.53 Å². The predicted octanol–water partition coefficient (Wildman–Crippen LogP) is 3.96. The lowest BCUT2D eigenvalue weighted by Crippen LogP contribution is -2.33. The molecule has 1 N–H and O–H groups in total. The Bertz CT molecular complexity index is 393. The van der Waals surface area contributed by atoms with Crippen molar-refractivity contribution >= 4 is 9.04 Å². The highest BCUT2D eigenvalue weighted by Crippen LogP contribution is 2.27. The van der Waals surface area contributed by atoms with Gasteiger partial charge in [-0.3, -0.25) is 0 Å². The highest BCUT2D eigenvalue weighted by Gasteiger charge is 2.25. The Hall–Kier alpha value is -0.643. The molecule has 0 aromatic heterocycles. The number of hydrogen-bond donors (Lipinski definition) is 1. The fourth-order valence-corrected chi connectivity index (χ4v) is 3.73. The smallest absolute Gasteiger partial charge is 0.171 e. The van der Waals surface area contributed by atoms with Crippen LogP contribution in [0, 0.1) is 5.41 Å². The van der Waals surface area contributed by atoms with Gasteiger partial charge >= 0.3 is 0 Å². The van der Waals surface area contributed by atoms with Crippen LogP contribution in [0.5, 0.6) is 0 Å². The average molecular weight is 309 g/mol. The van der Waals surface area contributed by atoms with E-state index in [4.69, 9.17) is 9.53 Å². The van der Waals surface area contributed by atoms with Gasteiger partial charge in [0.15, 0.2) is 9.04 Å². The Balaban J connectivity index is 2.46. The summed E-state index contributed by atoms with van der Waals surface area (Å²) in [5.41, 5.74) is 2.82. The van der Waals surface area contributed by atoms with Crippen LogP contribution < -0.4 is 0 Å². The highest BCUT2D eigenvalue weighted by molar-refractivity contribution is 6.48. The summed E-state index contributed by atoms with van der Waals surface area (Å²) in [4.78, 5) is 0. The number of hydrogen-bond acceptors (Lipinski definition) is 2. The lowest BCUT2D eigenvalue weighted by molar-refractivity contribution is 0.0767. The molecule has 0 saturated carbocycles. The van der Waals surface area contributed by atoms with Crippen molar-refractivity contribution in [3.63, 3.8) is 0 Å². The monoisotopic (exact) mass is 308 g/mol. The van der Waals surface area contributed by atoms with Crippen molar-refractivity contribution in [2.24, 2.45) is 5.41 Å².